The molecule has 0 saturated heterocycles. The second-order valence-electron chi connectivity index (χ2n) is 3.35. The van der Waals surface area contributed by atoms with E-state index in [9.17, 15) is 8.78 Å². The summed E-state index contributed by atoms with van der Waals surface area (Å²) >= 11 is 5.61. The van der Waals surface area contributed by atoms with Crippen LogP contribution < -0.4 is 4.74 Å². The Hall–Kier alpha value is -1.68. The lowest BCUT2D eigenvalue weighted by Gasteiger charge is -2.07. The van der Waals surface area contributed by atoms with Crippen molar-refractivity contribution in [3.8, 4) is 5.75 Å². The van der Waals surface area contributed by atoms with Crippen LogP contribution in [-0.2, 0) is 6.61 Å². The van der Waals surface area contributed by atoms with Gasteiger partial charge in [-0.15, -0.1) is 0 Å². The van der Waals surface area contributed by atoms with Gasteiger partial charge >= 0.3 is 0 Å². The van der Waals surface area contributed by atoms with Crippen molar-refractivity contribution in [2.45, 2.75) is 6.61 Å². The number of benzene rings is 1. The number of pyridine rings is 1. The highest BCUT2D eigenvalue weighted by atomic mass is 35.5. The monoisotopic (exact) mass is 255 g/mol. The molecule has 1 aromatic heterocycles. The fraction of sp³-hybridized carbons (Fsp3) is 0.0833. The average Bonchev–Trinajstić information content (AvgIpc) is 2.32. The molecular formula is C12H8ClF2NO. The Morgan fingerprint density at radius 1 is 1.18 bits per heavy atom. The second kappa shape index (κ2) is 5.10. The molecule has 0 saturated carbocycles. The van der Waals surface area contributed by atoms with Crippen molar-refractivity contribution in [2.24, 2.45) is 0 Å². The molecule has 0 amide bonds. The third-order valence-electron chi connectivity index (χ3n) is 2.08. The zero-order chi connectivity index (χ0) is 12.3. The van der Waals surface area contributed by atoms with Crippen LogP contribution in [0.15, 0.2) is 36.5 Å². The van der Waals surface area contributed by atoms with Gasteiger partial charge in [-0.05, 0) is 18.2 Å². The smallest absolute Gasteiger partial charge is 0.165 e. The summed E-state index contributed by atoms with van der Waals surface area (Å²) in [4.78, 5) is 3.85. The first-order valence-corrected chi connectivity index (χ1v) is 5.21. The van der Waals surface area contributed by atoms with E-state index in [1.165, 1.54) is 6.20 Å². The topological polar surface area (TPSA) is 22.1 Å². The maximum Gasteiger partial charge on any atom is 0.165 e. The van der Waals surface area contributed by atoms with Crippen LogP contribution >= 0.6 is 11.6 Å². The number of hydrogen-bond donors (Lipinski definition) is 0. The first-order chi connectivity index (χ1) is 8.15. The van der Waals surface area contributed by atoms with Gasteiger partial charge in [-0.25, -0.2) is 13.8 Å². The van der Waals surface area contributed by atoms with E-state index in [0.29, 0.717) is 5.15 Å². The second-order valence-corrected chi connectivity index (χ2v) is 3.74. The van der Waals surface area contributed by atoms with Gasteiger partial charge in [0.15, 0.2) is 11.6 Å². The van der Waals surface area contributed by atoms with Crippen LogP contribution in [0.1, 0.15) is 5.56 Å². The zero-order valence-corrected chi connectivity index (χ0v) is 9.42. The Bertz CT molecular complexity index is 516. The van der Waals surface area contributed by atoms with Gasteiger partial charge in [0, 0.05) is 17.8 Å². The first-order valence-electron chi connectivity index (χ1n) is 4.83. The summed E-state index contributed by atoms with van der Waals surface area (Å²) in [7, 11) is 0. The number of halogens is 3. The summed E-state index contributed by atoms with van der Waals surface area (Å²) in [5, 5.41) is 0.366. The van der Waals surface area contributed by atoms with Crippen LogP contribution in [0.4, 0.5) is 8.78 Å². The number of aromatic nitrogens is 1. The van der Waals surface area contributed by atoms with Crippen molar-refractivity contribution in [3.05, 3.63) is 58.9 Å². The molecule has 17 heavy (non-hydrogen) atoms. The third-order valence-corrected chi connectivity index (χ3v) is 2.30. The van der Waals surface area contributed by atoms with E-state index >= 15 is 0 Å². The molecule has 2 rings (SSSR count). The Kier molecular flexibility index (Phi) is 3.54. The molecule has 2 nitrogen and oxygen atoms in total. The van der Waals surface area contributed by atoms with Gasteiger partial charge in [-0.2, -0.15) is 0 Å². The molecule has 2 aromatic rings. The SMILES string of the molecule is Fc1ccc(F)c(OCc2ccc(Cl)nc2)c1. The predicted octanol–water partition coefficient (Wildman–Crippen LogP) is 3.59. The minimum absolute atomic E-state index is 0.102. The van der Waals surface area contributed by atoms with Crippen LogP contribution in [-0.4, -0.2) is 4.98 Å². The predicted molar refractivity (Wildman–Crippen MR) is 59.9 cm³/mol. The van der Waals surface area contributed by atoms with E-state index in [0.717, 1.165) is 23.8 Å². The lowest BCUT2D eigenvalue weighted by molar-refractivity contribution is 0.288. The zero-order valence-electron chi connectivity index (χ0n) is 8.66. The first kappa shape index (κ1) is 11.8. The van der Waals surface area contributed by atoms with Crippen LogP contribution in [0, 0.1) is 11.6 Å². The van der Waals surface area contributed by atoms with Crippen molar-refractivity contribution in [1.82, 2.24) is 4.98 Å². The molecule has 5 heteroatoms. The van der Waals surface area contributed by atoms with Gasteiger partial charge < -0.3 is 4.74 Å². The lowest BCUT2D eigenvalue weighted by Crippen LogP contribution is -1.98. The number of nitrogens with zero attached hydrogens (tertiary/aromatic N) is 1. The van der Waals surface area contributed by atoms with Crippen molar-refractivity contribution in [3.63, 3.8) is 0 Å². The normalized spacial score (nSPS) is 10.3. The van der Waals surface area contributed by atoms with E-state index in [1.54, 1.807) is 12.1 Å². The third kappa shape index (κ3) is 3.14. The minimum Gasteiger partial charge on any atom is -0.486 e. The summed E-state index contributed by atoms with van der Waals surface area (Å²) in [6.45, 7) is 0.102. The highest BCUT2D eigenvalue weighted by Crippen LogP contribution is 2.19. The minimum atomic E-state index is -0.603. The summed E-state index contributed by atoms with van der Waals surface area (Å²) in [5.74, 6) is -1.27. The molecule has 88 valence electrons. The number of rotatable bonds is 3. The van der Waals surface area contributed by atoms with E-state index < -0.39 is 11.6 Å². The molecule has 0 bridgehead atoms. The van der Waals surface area contributed by atoms with Crippen molar-refractivity contribution in [1.29, 1.82) is 0 Å². The van der Waals surface area contributed by atoms with Crippen molar-refractivity contribution >= 4 is 11.6 Å². The molecule has 0 aliphatic carbocycles. The van der Waals surface area contributed by atoms with Gasteiger partial charge in [-0.1, -0.05) is 17.7 Å². The van der Waals surface area contributed by atoms with E-state index in [2.05, 4.69) is 4.98 Å². The maximum atomic E-state index is 13.2. The Labute approximate surface area is 102 Å². The highest BCUT2D eigenvalue weighted by Gasteiger charge is 2.05. The molecule has 0 radical (unpaired) electrons. The largest absolute Gasteiger partial charge is 0.486 e. The molecule has 1 aromatic carbocycles. The van der Waals surface area contributed by atoms with Crippen LogP contribution in [0.2, 0.25) is 5.15 Å². The Balaban J connectivity index is 2.07. The molecule has 0 N–H and O–H groups in total. The molecule has 0 spiro atoms. The van der Waals surface area contributed by atoms with Gasteiger partial charge in [-0.3, -0.25) is 0 Å². The van der Waals surface area contributed by atoms with Crippen LogP contribution in [0.3, 0.4) is 0 Å². The van der Waals surface area contributed by atoms with E-state index in [-0.39, 0.29) is 12.4 Å². The number of hydrogen-bond acceptors (Lipinski definition) is 2. The molecule has 0 fully saturated rings. The van der Waals surface area contributed by atoms with Crippen molar-refractivity contribution < 1.29 is 13.5 Å². The highest BCUT2D eigenvalue weighted by molar-refractivity contribution is 6.29. The summed E-state index contributed by atoms with van der Waals surface area (Å²) in [6.07, 6.45) is 1.51. The summed E-state index contributed by atoms with van der Waals surface area (Å²) in [5.41, 5.74) is 0.720. The molecule has 0 aliphatic rings. The lowest BCUT2D eigenvalue weighted by atomic mass is 10.3. The summed E-state index contributed by atoms with van der Waals surface area (Å²) < 4.78 is 31.2. The van der Waals surface area contributed by atoms with Gasteiger partial charge in [0.1, 0.15) is 17.6 Å². The standard InChI is InChI=1S/C12H8ClF2NO/c13-12-4-1-8(6-16-12)7-17-11-5-9(14)2-3-10(11)15/h1-6H,7H2. The molecular weight excluding hydrogens is 248 g/mol. The quantitative estimate of drug-likeness (QED) is 0.782. The Morgan fingerprint density at radius 3 is 2.71 bits per heavy atom. The van der Waals surface area contributed by atoms with Crippen LogP contribution in [0.5, 0.6) is 5.75 Å². The molecule has 0 unspecified atom stereocenters. The molecule has 0 aliphatic heterocycles. The average molecular weight is 256 g/mol. The van der Waals surface area contributed by atoms with Gasteiger partial charge in [0.05, 0.1) is 0 Å². The van der Waals surface area contributed by atoms with E-state index in [1.807, 2.05) is 0 Å². The van der Waals surface area contributed by atoms with Crippen molar-refractivity contribution in [2.75, 3.05) is 0 Å². The molecule has 1 heterocycles. The number of ether oxygens (including phenoxy) is 1. The van der Waals surface area contributed by atoms with Gasteiger partial charge in [0.25, 0.3) is 0 Å². The maximum absolute atomic E-state index is 13.2. The van der Waals surface area contributed by atoms with Gasteiger partial charge in [0.2, 0.25) is 0 Å². The molecule has 0 atom stereocenters. The fourth-order valence-electron chi connectivity index (χ4n) is 1.24. The Morgan fingerprint density at radius 2 is 2.00 bits per heavy atom. The fourth-order valence-corrected chi connectivity index (χ4v) is 1.35. The van der Waals surface area contributed by atoms with E-state index in [4.69, 9.17) is 16.3 Å². The van der Waals surface area contributed by atoms with Crippen LogP contribution in [0.25, 0.3) is 0 Å². The summed E-state index contributed by atoms with van der Waals surface area (Å²) in [6, 6.07) is 6.35.